The van der Waals surface area contributed by atoms with E-state index in [9.17, 15) is 12.8 Å². The lowest BCUT2D eigenvalue weighted by atomic mass is 10.2. The first kappa shape index (κ1) is 19.4. The summed E-state index contributed by atoms with van der Waals surface area (Å²) in [6, 6.07) is 4.07. The summed E-state index contributed by atoms with van der Waals surface area (Å²) in [5, 5.41) is 3.41. The first-order valence-electron chi connectivity index (χ1n) is 7.54. The summed E-state index contributed by atoms with van der Waals surface area (Å²) in [6.45, 7) is 1.13. The molecule has 1 aromatic rings. The highest BCUT2D eigenvalue weighted by atomic mass is 35.5. The van der Waals surface area contributed by atoms with Gasteiger partial charge in [-0.15, -0.1) is 0 Å². The van der Waals surface area contributed by atoms with Crippen molar-refractivity contribution < 1.29 is 17.5 Å². The highest BCUT2D eigenvalue weighted by Crippen LogP contribution is 2.22. The van der Waals surface area contributed by atoms with Crippen molar-refractivity contribution in [2.75, 3.05) is 37.1 Å². The topological polar surface area (TPSA) is 58.6 Å². The van der Waals surface area contributed by atoms with Gasteiger partial charge in [0.1, 0.15) is 5.82 Å². The Morgan fingerprint density at radius 3 is 2.88 bits per heavy atom. The molecule has 1 saturated heterocycles. The number of ether oxygens (including phenoxy) is 1. The number of thiocarbonyl (C=S) groups is 1. The Morgan fingerprint density at radius 1 is 1.54 bits per heavy atom. The molecule has 0 saturated carbocycles. The van der Waals surface area contributed by atoms with Crippen molar-refractivity contribution in [3.05, 3.63) is 29.0 Å². The van der Waals surface area contributed by atoms with Crippen LogP contribution in [-0.2, 0) is 14.6 Å². The SMILES string of the molecule is COCCCN(C(=S)Nc1ccc(F)c(Cl)c1)C1CCS(=O)(=O)C1. The largest absolute Gasteiger partial charge is 0.385 e. The van der Waals surface area contributed by atoms with E-state index in [2.05, 4.69) is 5.32 Å². The summed E-state index contributed by atoms with van der Waals surface area (Å²) in [5.41, 5.74) is 0.559. The zero-order valence-corrected chi connectivity index (χ0v) is 15.7. The molecule has 9 heteroatoms. The van der Waals surface area contributed by atoms with Gasteiger partial charge in [0.05, 0.1) is 16.5 Å². The van der Waals surface area contributed by atoms with Crippen LogP contribution >= 0.6 is 23.8 Å². The number of methoxy groups -OCH3 is 1. The standard InChI is InChI=1S/C15H20ClFN2O3S2/c1-22-7-2-6-19(12-5-8-24(20,21)10-12)15(23)18-11-3-4-14(17)13(16)9-11/h3-4,9,12H,2,5-8,10H2,1H3,(H,18,23). The number of nitrogens with one attached hydrogen (secondary N) is 1. The van der Waals surface area contributed by atoms with Gasteiger partial charge in [-0.05, 0) is 43.3 Å². The average molecular weight is 395 g/mol. The van der Waals surface area contributed by atoms with Gasteiger partial charge in [0.2, 0.25) is 0 Å². The van der Waals surface area contributed by atoms with Crippen LogP contribution < -0.4 is 5.32 Å². The van der Waals surface area contributed by atoms with Crippen LogP contribution in [0.5, 0.6) is 0 Å². The fourth-order valence-corrected chi connectivity index (χ4v) is 4.89. The van der Waals surface area contributed by atoms with Crippen LogP contribution in [0.4, 0.5) is 10.1 Å². The molecule has 0 spiro atoms. The van der Waals surface area contributed by atoms with E-state index in [1.807, 2.05) is 4.90 Å². The molecule has 0 aromatic heterocycles. The van der Waals surface area contributed by atoms with E-state index in [4.69, 9.17) is 28.6 Å². The van der Waals surface area contributed by atoms with Crippen molar-refractivity contribution in [2.24, 2.45) is 0 Å². The maximum Gasteiger partial charge on any atom is 0.173 e. The lowest BCUT2D eigenvalue weighted by Gasteiger charge is -2.31. The molecule has 1 aromatic carbocycles. The van der Waals surface area contributed by atoms with Gasteiger partial charge < -0.3 is 15.0 Å². The van der Waals surface area contributed by atoms with E-state index < -0.39 is 15.7 Å². The van der Waals surface area contributed by atoms with Crippen molar-refractivity contribution in [1.82, 2.24) is 4.90 Å². The number of hydrogen-bond acceptors (Lipinski definition) is 4. The van der Waals surface area contributed by atoms with Crippen molar-refractivity contribution in [2.45, 2.75) is 18.9 Å². The van der Waals surface area contributed by atoms with Crippen LogP contribution in [0.2, 0.25) is 5.02 Å². The number of nitrogens with zero attached hydrogens (tertiary/aromatic N) is 1. The molecule has 1 unspecified atom stereocenters. The number of benzene rings is 1. The molecule has 0 radical (unpaired) electrons. The van der Waals surface area contributed by atoms with Crippen LogP contribution in [0.1, 0.15) is 12.8 Å². The summed E-state index contributed by atoms with van der Waals surface area (Å²) >= 11 is 11.2. The molecule has 0 aliphatic carbocycles. The monoisotopic (exact) mass is 394 g/mol. The van der Waals surface area contributed by atoms with Gasteiger partial charge >= 0.3 is 0 Å². The highest BCUT2D eigenvalue weighted by molar-refractivity contribution is 7.91. The molecular formula is C15H20ClFN2O3S2. The summed E-state index contributed by atoms with van der Waals surface area (Å²) < 4.78 is 41.8. The van der Waals surface area contributed by atoms with Crippen LogP contribution in [0.3, 0.4) is 0 Å². The van der Waals surface area contributed by atoms with E-state index >= 15 is 0 Å². The summed E-state index contributed by atoms with van der Waals surface area (Å²) in [7, 11) is -1.41. The fourth-order valence-electron chi connectivity index (χ4n) is 2.62. The third-order valence-electron chi connectivity index (χ3n) is 3.83. The molecule has 5 nitrogen and oxygen atoms in total. The van der Waals surface area contributed by atoms with Gasteiger partial charge in [0, 0.05) is 32.0 Å². The van der Waals surface area contributed by atoms with Crippen LogP contribution in [0.15, 0.2) is 18.2 Å². The van der Waals surface area contributed by atoms with Gasteiger partial charge in [0.15, 0.2) is 14.9 Å². The minimum absolute atomic E-state index is 0.00261. The first-order valence-corrected chi connectivity index (χ1v) is 10.1. The molecule has 2 rings (SSSR count). The predicted molar refractivity (Wildman–Crippen MR) is 97.9 cm³/mol. The Morgan fingerprint density at radius 2 is 2.29 bits per heavy atom. The molecule has 1 atom stereocenters. The van der Waals surface area contributed by atoms with Crippen LogP contribution in [0.25, 0.3) is 0 Å². The minimum atomic E-state index is -3.02. The molecule has 1 aliphatic rings. The molecule has 24 heavy (non-hydrogen) atoms. The van der Waals surface area contributed by atoms with Crippen molar-refractivity contribution in [1.29, 1.82) is 0 Å². The van der Waals surface area contributed by atoms with Crippen molar-refractivity contribution in [3.8, 4) is 0 Å². The minimum Gasteiger partial charge on any atom is -0.385 e. The quantitative estimate of drug-likeness (QED) is 0.591. The van der Waals surface area contributed by atoms with Crippen LogP contribution in [-0.4, -0.2) is 56.2 Å². The van der Waals surface area contributed by atoms with E-state index in [1.165, 1.54) is 18.2 Å². The summed E-state index contributed by atoms with van der Waals surface area (Å²) in [4.78, 5) is 1.87. The molecule has 1 N–H and O–H groups in total. The Bertz CT molecular complexity index is 700. The molecular weight excluding hydrogens is 375 g/mol. The van der Waals surface area contributed by atoms with Gasteiger partial charge in [-0.25, -0.2) is 12.8 Å². The van der Waals surface area contributed by atoms with Crippen LogP contribution in [0, 0.1) is 5.82 Å². The summed E-state index contributed by atoms with van der Waals surface area (Å²) in [6.07, 6.45) is 1.26. The Labute approximate surface area is 152 Å². The van der Waals surface area contributed by atoms with Gasteiger partial charge in [0.25, 0.3) is 0 Å². The Hall–Kier alpha value is -0.960. The number of sulfone groups is 1. The number of halogens is 2. The Balaban J connectivity index is 2.09. The lowest BCUT2D eigenvalue weighted by molar-refractivity contribution is 0.181. The first-order chi connectivity index (χ1) is 11.3. The smallest absolute Gasteiger partial charge is 0.173 e. The molecule has 1 heterocycles. The number of hydrogen-bond donors (Lipinski definition) is 1. The number of rotatable bonds is 6. The summed E-state index contributed by atoms with van der Waals surface area (Å²) in [5.74, 6) is -0.248. The van der Waals surface area contributed by atoms with E-state index in [1.54, 1.807) is 7.11 Å². The van der Waals surface area contributed by atoms with Gasteiger partial charge in [-0.1, -0.05) is 11.6 Å². The fraction of sp³-hybridized carbons (Fsp3) is 0.533. The van der Waals surface area contributed by atoms with E-state index in [-0.39, 0.29) is 22.6 Å². The molecule has 0 bridgehead atoms. The van der Waals surface area contributed by atoms with Crippen molar-refractivity contribution in [3.63, 3.8) is 0 Å². The van der Waals surface area contributed by atoms with Crippen molar-refractivity contribution >= 4 is 44.5 Å². The van der Waals surface area contributed by atoms with Gasteiger partial charge in [-0.2, -0.15) is 0 Å². The number of anilines is 1. The normalized spacial score (nSPS) is 19.2. The maximum atomic E-state index is 13.2. The second kappa shape index (κ2) is 8.42. The second-order valence-electron chi connectivity index (χ2n) is 5.66. The van der Waals surface area contributed by atoms with E-state index in [0.29, 0.717) is 30.4 Å². The second-order valence-corrected chi connectivity index (χ2v) is 8.68. The maximum absolute atomic E-state index is 13.2. The zero-order chi connectivity index (χ0) is 17.7. The van der Waals surface area contributed by atoms with Gasteiger partial charge in [-0.3, -0.25) is 0 Å². The predicted octanol–water partition coefficient (Wildman–Crippen LogP) is 2.70. The Kier molecular flexibility index (Phi) is 6.79. The molecule has 1 fully saturated rings. The third-order valence-corrected chi connectivity index (χ3v) is 6.20. The highest BCUT2D eigenvalue weighted by Gasteiger charge is 2.33. The third kappa shape index (κ3) is 5.27. The molecule has 0 amide bonds. The lowest BCUT2D eigenvalue weighted by Crippen LogP contribution is -2.44. The molecule has 1 aliphatic heterocycles. The molecule has 134 valence electrons. The zero-order valence-electron chi connectivity index (χ0n) is 13.3. The van der Waals surface area contributed by atoms with E-state index in [0.717, 1.165) is 6.42 Å². The average Bonchev–Trinajstić information content (AvgIpc) is 2.87.